The van der Waals surface area contributed by atoms with Crippen LogP contribution in [0.15, 0.2) is 18.3 Å². The second kappa shape index (κ2) is 5.46. The number of pyridine rings is 1. The van der Waals surface area contributed by atoms with Crippen molar-refractivity contribution in [2.75, 3.05) is 7.11 Å². The number of thiocarbonyl (C=S) groups is 1. The summed E-state index contributed by atoms with van der Waals surface area (Å²) in [6.07, 6.45) is 1.37. The molecule has 0 aliphatic carbocycles. The van der Waals surface area contributed by atoms with Crippen molar-refractivity contribution in [2.24, 2.45) is 5.92 Å². The first-order valence-corrected chi connectivity index (χ1v) is 6.93. The van der Waals surface area contributed by atoms with E-state index in [-0.39, 0.29) is 11.7 Å². The van der Waals surface area contributed by atoms with Gasteiger partial charge < -0.3 is 10.1 Å². The van der Waals surface area contributed by atoms with Gasteiger partial charge in [0.2, 0.25) is 0 Å². The van der Waals surface area contributed by atoms with Crippen molar-refractivity contribution >= 4 is 23.2 Å². The van der Waals surface area contributed by atoms with E-state index in [4.69, 9.17) is 17.0 Å². The second-order valence-electron chi connectivity index (χ2n) is 5.34. The molecule has 2 rings (SSSR count). The second-order valence-corrected chi connectivity index (χ2v) is 5.74. The summed E-state index contributed by atoms with van der Waals surface area (Å²) in [6.45, 7) is 6.25. The molecule has 0 saturated carbocycles. The van der Waals surface area contributed by atoms with Crippen LogP contribution in [0, 0.1) is 5.92 Å². The summed E-state index contributed by atoms with van der Waals surface area (Å²) >= 11 is 5.43. The quantitative estimate of drug-likeness (QED) is 0.654. The molecule has 20 heavy (non-hydrogen) atoms. The van der Waals surface area contributed by atoms with Crippen LogP contribution in [0.1, 0.15) is 43.0 Å². The minimum Gasteiger partial charge on any atom is -0.465 e. The average Bonchev–Trinajstić information content (AvgIpc) is 2.75. The molecule has 1 aliphatic heterocycles. The first-order valence-electron chi connectivity index (χ1n) is 6.52. The molecule has 1 aromatic rings. The number of rotatable bonds is 3. The zero-order chi connectivity index (χ0) is 14.9. The molecule has 2 atom stereocenters. The van der Waals surface area contributed by atoms with E-state index in [2.05, 4.69) is 29.5 Å². The van der Waals surface area contributed by atoms with Gasteiger partial charge in [-0.3, -0.25) is 10.3 Å². The third-order valence-corrected chi connectivity index (χ3v) is 4.41. The molecule has 108 valence electrons. The lowest BCUT2D eigenvalue weighted by atomic mass is 9.89. The highest BCUT2D eigenvalue weighted by atomic mass is 32.1. The van der Waals surface area contributed by atoms with Gasteiger partial charge in [0.1, 0.15) is 6.17 Å². The van der Waals surface area contributed by atoms with E-state index in [0.29, 0.717) is 17.2 Å². The Labute approximate surface area is 124 Å². The summed E-state index contributed by atoms with van der Waals surface area (Å²) < 4.78 is 4.80. The van der Waals surface area contributed by atoms with Crippen LogP contribution in [-0.4, -0.2) is 28.6 Å². The van der Waals surface area contributed by atoms with Crippen molar-refractivity contribution in [1.82, 2.24) is 15.6 Å². The normalized spacial score (nSPS) is 25.6. The molecule has 0 amide bonds. The van der Waals surface area contributed by atoms with Gasteiger partial charge in [0.05, 0.1) is 28.9 Å². The third-order valence-electron chi connectivity index (χ3n) is 3.86. The molecule has 1 fully saturated rings. The molecular weight excluding hydrogens is 274 g/mol. The lowest BCUT2D eigenvalue weighted by Gasteiger charge is -2.28. The standard InChI is InChI=1S/C14H19N3O2S/c1-8(2)14(3)13(20)16-11(17-14)10-9(12(18)19-4)6-5-7-15-10/h5-8,11,17H,1-4H3,(H,16,20). The number of carbonyl (C=O) groups excluding carboxylic acids is 1. The third kappa shape index (κ3) is 2.41. The van der Waals surface area contributed by atoms with Crippen LogP contribution < -0.4 is 10.6 Å². The zero-order valence-corrected chi connectivity index (χ0v) is 12.9. The Balaban J connectivity index is 2.36. The summed E-state index contributed by atoms with van der Waals surface area (Å²) in [5.41, 5.74) is 0.729. The van der Waals surface area contributed by atoms with Crippen molar-refractivity contribution in [3.05, 3.63) is 29.6 Å². The monoisotopic (exact) mass is 293 g/mol. The molecule has 1 aromatic heterocycles. The van der Waals surface area contributed by atoms with E-state index in [1.165, 1.54) is 7.11 Å². The molecular formula is C14H19N3O2S. The minimum absolute atomic E-state index is 0.287. The Morgan fingerprint density at radius 2 is 2.25 bits per heavy atom. The highest BCUT2D eigenvalue weighted by molar-refractivity contribution is 7.80. The van der Waals surface area contributed by atoms with Crippen molar-refractivity contribution in [1.29, 1.82) is 0 Å². The fraction of sp³-hybridized carbons (Fsp3) is 0.500. The predicted octanol–water partition coefficient (Wildman–Crippen LogP) is 1.80. The van der Waals surface area contributed by atoms with Gasteiger partial charge in [-0.15, -0.1) is 0 Å². The number of ether oxygens (including phenoxy) is 1. The van der Waals surface area contributed by atoms with E-state index >= 15 is 0 Å². The molecule has 0 aromatic carbocycles. The van der Waals surface area contributed by atoms with Gasteiger partial charge in [-0.25, -0.2) is 4.79 Å². The first-order chi connectivity index (χ1) is 9.40. The van der Waals surface area contributed by atoms with Crippen LogP contribution in [0.25, 0.3) is 0 Å². The topological polar surface area (TPSA) is 63.2 Å². The number of nitrogens with zero attached hydrogens (tertiary/aromatic N) is 1. The summed E-state index contributed by atoms with van der Waals surface area (Å²) in [7, 11) is 1.36. The molecule has 5 nitrogen and oxygen atoms in total. The van der Waals surface area contributed by atoms with Crippen LogP contribution in [0.2, 0.25) is 0 Å². The Bertz CT molecular complexity index is 547. The van der Waals surface area contributed by atoms with Gasteiger partial charge in [0.15, 0.2) is 0 Å². The summed E-state index contributed by atoms with van der Waals surface area (Å²) in [5, 5.41) is 6.64. The summed E-state index contributed by atoms with van der Waals surface area (Å²) in [5.74, 6) is -0.0847. The lowest BCUT2D eigenvalue weighted by molar-refractivity contribution is 0.0597. The Morgan fingerprint density at radius 3 is 2.80 bits per heavy atom. The van der Waals surface area contributed by atoms with E-state index in [1.54, 1.807) is 18.3 Å². The smallest absolute Gasteiger partial charge is 0.339 e. The van der Waals surface area contributed by atoms with Gasteiger partial charge in [-0.1, -0.05) is 26.1 Å². The number of esters is 1. The van der Waals surface area contributed by atoms with Crippen LogP contribution >= 0.6 is 12.2 Å². The number of carbonyl (C=O) groups is 1. The van der Waals surface area contributed by atoms with Crippen molar-refractivity contribution < 1.29 is 9.53 Å². The predicted molar refractivity (Wildman–Crippen MR) is 80.4 cm³/mol. The van der Waals surface area contributed by atoms with E-state index in [0.717, 1.165) is 4.99 Å². The molecule has 0 spiro atoms. The Kier molecular flexibility index (Phi) is 4.06. The Morgan fingerprint density at radius 1 is 1.55 bits per heavy atom. The SMILES string of the molecule is COC(=O)c1cccnc1C1NC(=S)C(C)(C(C)C)N1. The van der Waals surface area contributed by atoms with E-state index in [1.807, 2.05) is 6.92 Å². The molecule has 2 unspecified atom stereocenters. The van der Waals surface area contributed by atoms with Crippen molar-refractivity contribution in [2.45, 2.75) is 32.5 Å². The van der Waals surface area contributed by atoms with Crippen molar-refractivity contribution in [3.63, 3.8) is 0 Å². The minimum atomic E-state index is -0.402. The van der Waals surface area contributed by atoms with Gasteiger partial charge in [-0.05, 0) is 25.0 Å². The fourth-order valence-corrected chi connectivity index (χ4v) is 2.59. The Hall–Kier alpha value is -1.53. The number of aromatic nitrogens is 1. The van der Waals surface area contributed by atoms with Crippen LogP contribution in [0.3, 0.4) is 0 Å². The molecule has 6 heteroatoms. The van der Waals surface area contributed by atoms with Crippen LogP contribution in [0.4, 0.5) is 0 Å². The number of hydrogen-bond acceptors (Lipinski definition) is 5. The summed E-state index contributed by atoms with van der Waals surface area (Å²) in [4.78, 5) is 16.9. The zero-order valence-electron chi connectivity index (χ0n) is 12.1. The van der Waals surface area contributed by atoms with Gasteiger partial charge in [0, 0.05) is 6.20 Å². The van der Waals surface area contributed by atoms with Gasteiger partial charge in [0.25, 0.3) is 0 Å². The number of nitrogens with one attached hydrogen (secondary N) is 2. The molecule has 2 N–H and O–H groups in total. The lowest BCUT2D eigenvalue weighted by Crippen LogP contribution is -2.47. The maximum atomic E-state index is 11.8. The van der Waals surface area contributed by atoms with E-state index in [9.17, 15) is 4.79 Å². The average molecular weight is 293 g/mol. The van der Waals surface area contributed by atoms with E-state index < -0.39 is 5.97 Å². The fourth-order valence-electron chi connectivity index (χ4n) is 2.18. The summed E-state index contributed by atoms with van der Waals surface area (Å²) in [6, 6.07) is 3.41. The first kappa shape index (κ1) is 14.9. The molecule has 0 radical (unpaired) electrons. The highest BCUT2D eigenvalue weighted by Crippen LogP contribution is 2.29. The maximum Gasteiger partial charge on any atom is 0.339 e. The highest BCUT2D eigenvalue weighted by Gasteiger charge is 2.43. The maximum absolute atomic E-state index is 11.8. The van der Waals surface area contributed by atoms with Crippen LogP contribution in [0.5, 0.6) is 0 Å². The number of methoxy groups -OCH3 is 1. The van der Waals surface area contributed by atoms with Crippen molar-refractivity contribution in [3.8, 4) is 0 Å². The molecule has 1 aliphatic rings. The molecule has 1 saturated heterocycles. The molecule has 2 heterocycles. The molecule has 0 bridgehead atoms. The number of hydrogen-bond donors (Lipinski definition) is 2. The van der Waals surface area contributed by atoms with Gasteiger partial charge in [-0.2, -0.15) is 0 Å². The van der Waals surface area contributed by atoms with Crippen LogP contribution in [-0.2, 0) is 4.74 Å². The van der Waals surface area contributed by atoms with Gasteiger partial charge >= 0.3 is 5.97 Å². The largest absolute Gasteiger partial charge is 0.465 e.